The molecule has 16 heavy (non-hydrogen) atoms. The Labute approximate surface area is 89.7 Å². The standard InChI is InChI=1S/C8H7N5O3/c1-16-7-2-4-9-8(10-7)12-5-3-6(11-12)13(14)15/h2-5H,1H3. The number of rotatable bonds is 3. The molecule has 0 aliphatic heterocycles. The van der Waals surface area contributed by atoms with Gasteiger partial charge >= 0.3 is 5.82 Å². The highest BCUT2D eigenvalue weighted by molar-refractivity contribution is 5.22. The van der Waals surface area contributed by atoms with Gasteiger partial charge in [0.25, 0.3) is 5.95 Å². The number of nitrogens with zero attached hydrogens (tertiary/aromatic N) is 5. The molecule has 0 bridgehead atoms. The smallest absolute Gasteiger partial charge is 0.390 e. The van der Waals surface area contributed by atoms with E-state index >= 15 is 0 Å². The minimum atomic E-state index is -0.587. The van der Waals surface area contributed by atoms with E-state index < -0.39 is 4.92 Å². The number of methoxy groups -OCH3 is 1. The second-order valence-corrected chi connectivity index (χ2v) is 2.77. The third-order valence-electron chi connectivity index (χ3n) is 1.79. The Morgan fingerprint density at radius 3 is 2.94 bits per heavy atom. The van der Waals surface area contributed by atoms with Gasteiger partial charge in [-0.25, -0.2) is 4.98 Å². The summed E-state index contributed by atoms with van der Waals surface area (Å²) in [5.41, 5.74) is 0. The second kappa shape index (κ2) is 3.93. The molecule has 0 aliphatic carbocycles. The molecule has 0 spiro atoms. The number of hydrogen-bond acceptors (Lipinski definition) is 6. The van der Waals surface area contributed by atoms with Crippen LogP contribution in [0.25, 0.3) is 5.95 Å². The first-order chi connectivity index (χ1) is 7.70. The average molecular weight is 221 g/mol. The van der Waals surface area contributed by atoms with Gasteiger partial charge < -0.3 is 14.9 Å². The summed E-state index contributed by atoms with van der Waals surface area (Å²) in [6.07, 6.45) is 2.89. The highest BCUT2D eigenvalue weighted by Crippen LogP contribution is 2.10. The van der Waals surface area contributed by atoms with E-state index in [1.54, 1.807) is 6.07 Å². The van der Waals surface area contributed by atoms with E-state index in [-0.39, 0.29) is 11.8 Å². The predicted molar refractivity (Wildman–Crippen MR) is 52.4 cm³/mol. The lowest BCUT2D eigenvalue weighted by molar-refractivity contribution is -0.389. The van der Waals surface area contributed by atoms with Crippen LogP contribution < -0.4 is 4.74 Å². The van der Waals surface area contributed by atoms with Crippen molar-refractivity contribution in [3.05, 3.63) is 34.6 Å². The van der Waals surface area contributed by atoms with Crippen molar-refractivity contribution in [1.82, 2.24) is 19.7 Å². The van der Waals surface area contributed by atoms with Crippen LogP contribution in [-0.2, 0) is 0 Å². The Bertz CT molecular complexity index is 524. The number of aromatic nitrogens is 4. The fourth-order valence-electron chi connectivity index (χ4n) is 1.08. The van der Waals surface area contributed by atoms with Crippen LogP contribution in [0.5, 0.6) is 5.88 Å². The summed E-state index contributed by atoms with van der Waals surface area (Å²) in [5, 5.41) is 14.1. The van der Waals surface area contributed by atoms with Gasteiger partial charge in [-0.1, -0.05) is 0 Å². The van der Waals surface area contributed by atoms with E-state index in [1.165, 1.54) is 30.3 Å². The first-order valence-corrected chi connectivity index (χ1v) is 4.28. The van der Waals surface area contributed by atoms with E-state index in [0.717, 1.165) is 0 Å². The van der Waals surface area contributed by atoms with E-state index in [4.69, 9.17) is 4.74 Å². The molecule has 0 unspecified atom stereocenters. The SMILES string of the molecule is COc1ccnc(-n2ccc([N+](=O)[O-])n2)n1. The molecule has 82 valence electrons. The first kappa shape index (κ1) is 10.0. The Morgan fingerprint density at radius 1 is 1.50 bits per heavy atom. The Balaban J connectivity index is 2.38. The Hall–Kier alpha value is -2.51. The molecule has 2 aromatic heterocycles. The monoisotopic (exact) mass is 221 g/mol. The van der Waals surface area contributed by atoms with Crippen molar-refractivity contribution >= 4 is 5.82 Å². The van der Waals surface area contributed by atoms with E-state index in [0.29, 0.717) is 5.88 Å². The molecular weight excluding hydrogens is 214 g/mol. The zero-order valence-electron chi connectivity index (χ0n) is 8.27. The number of ether oxygens (including phenoxy) is 1. The van der Waals surface area contributed by atoms with Crippen molar-refractivity contribution in [2.24, 2.45) is 0 Å². The summed E-state index contributed by atoms with van der Waals surface area (Å²) in [4.78, 5) is 17.7. The van der Waals surface area contributed by atoms with Gasteiger partial charge in [0.1, 0.15) is 0 Å². The van der Waals surface area contributed by atoms with Gasteiger partial charge in [0.15, 0.2) is 0 Å². The van der Waals surface area contributed by atoms with Crippen LogP contribution in [0.4, 0.5) is 5.82 Å². The first-order valence-electron chi connectivity index (χ1n) is 4.28. The highest BCUT2D eigenvalue weighted by atomic mass is 16.6. The van der Waals surface area contributed by atoms with Crippen LogP contribution in [-0.4, -0.2) is 31.8 Å². The maximum Gasteiger partial charge on any atom is 0.390 e. The lowest BCUT2D eigenvalue weighted by Gasteiger charge is -1.98. The molecule has 8 heteroatoms. The molecule has 2 rings (SSSR count). The lowest BCUT2D eigenvalue weighted by atomic mass is 10.6. The van der Waals surface area contributed by atoms with Crippen LogP contribution in [0, 0.1) is 10.1 Å². The summed E-state index contributed by atoms with van der Waals surface area (Å²) in [5.74, 6) is 0.321. The van der Waals surface area contributed by atoms with Crippen molar-refractivity contribution in [2.45, 2.75) is 0 Å². The van der Waals surface area contributed by atoms with Gasteiger partial charge in [-0.15, -0.1) is 4.68 Å². The molecule has 0 radical (unpaired) electrons. The molecule has 0 atom stereocenters. The zero-order valence-corrected chi connectivity index (χ0v) is 8.27. The third-order valence-corrected chi connectivity index (χ3v) is 1.79. The van der Waals surface area contributed by atoms with Crippen molar-refractivity contribution in [2.75, 3.05) is 7.11 Å². The van der Waals surface area contributed by atoms with Crippen molar-refractivity contribution in [3.63, 3.8) is 0 Å². The van der Waals surface area contributed by atoms with Crippen molar-refractivity contribution in [3.8, 4) is 11.8 Å². The minimum Gasteiger partial charge on any atom is -0.481 e. The van der Waals surface area contributed by atoms with Gasteiger partial charge in [0, 0.05) is 12.3 Å². The molecule has 0 saturated heterocycles. The number of nitro groups is 1. The molecule has 2 heterocycles. The van der Waals surface area contributed by atoms with Gasteiger partial charge in [-0.05, 0) is 4.92 Å². The highest BCUT2D eigenvalue weighted by Gasteiger charge is 2.14. The minimum absolute atomic E-state index is 0.215. The third kappa shape index (κ3) is 1.80. The summed E-state index contributed by atoms with van der Waals surface area (Å²) in [7, 11) is 1.47. The van der Waals surface area contributed by atoms with Crippen molar-refractivity contribution in [1.29, 1.82) is 0 Å². The number of hydrogen-bond donors (Lipinski definition) is 0. The maximum absolute atomic E-state index is 10.4. The zero-order chi connectivity index (χ0) is 11.5. The molecule has 2 aromatic rings. The van der Waals surface area contributed by atoms with Gasteiger partial charge in [-0.2, -0.15) is 4.98 Å². The normalized spacial score (nSPS) is 10.1. The van der Waals surface area contributed by atoms with Crippen LogP contribution >= 0.6 is 0 Å². The van der Waals surface area contributed by atoms with Crippen LogP contribution in [0.1, 0.15) is 0 Å². The molecule has 0 fully saturated rings. The Kier molecular flexibility index (Phi) is 2.46. The molecular formula is C8H7N5O3. The van der Waals surface area contributed by atoms with E-state index in [9.17, 15) is 10.1 Å². The summed E-state index contributed by atoms with van der Waals surface area (Å²) in [6, 6.07) is 2.84. The molecule has 0 saturated carbocycles. The fraction of sp³-hybridized carbons (Fsp3) is 0.125. The second-order valence-electron chi connectivity index (χ2n) is 2.77. The lowest BCUT2D eigenvalue weighted by Crippen LogP contribution is -2.03. The summed E-state index contributed by atoms with van der Waals surface area (Å²) >= 11 is 0. The van der Waals surface area contributed by atoms with Crippen molar-refractivity contribution < 1.29 is 9.66 Å². The quantitative estimate of drug-likeness (QED) is 0.555. The van der Waals surface area contributed by atoms with E-state index in [1.807, 2.05) is 0 Å². The molecule has 0 aliphatic rings. The molecule has 0 aromatic carbocycles. The molecule has 0 amide bonds. The van der Waals surface area contributed by atoms with Gasteiger partial charge in [0.05, 0.1) is 24.5 Å². The van der Waals surface area contributed by atoms with Crippen LogP contribution in [0.2, 0.25) is 0 Å². The molecule has 0 N–H and O–H groups in total. The largest absolute Gasteiger partial charge is 0.481 e. The Morgan fingerprint density at radius 2 is 2.31 bits per heavy atom. The van der Waals surface area contributed by atoms with Gasteiger partial charge in [0.2, 0.25) is 5.88 Å². The summed E-state index contributed by atoms with van der Waals surface area (Å²) < 4.78 is 6.11. The van der Waals surface area contributed by atoms with Gasteiger partial charge in [-0.3, -0.25) is 0 Å². The molecule has 8 nitrogen and oxygen atoms in total. The average Bonchev–Trinajstić information content (AvgIpc) is 2.78. The van der Waals surface area contributed by atoms with Crippen LogP contribution in [0.3, 0.4) is 0 Å². The predicted octanol–water partition coefficient (Wildman–Crippen LogP) is 0.579. The maximum atomic E-state index is 10.4. The van der Waals surface area contributed by atoms with Crippen LogP contribution in [0.15, 0.2) is 24.5 Å². The van der Waals surface area contributed by atoms with E-state index in [2.05, 4.69) is 15.1 Å². The summed E-state index contributed by atoms with van der Waals surface area (Å²) in [6.45, 7) is 0. The fourth-order valence-corrected chi connectivity index (χ4v) is 1.08. The topological polar surface area (TPSA) is 96.0 Å².